The minimum Gasteiger partial charge on any atom is -0.298 e. The largest absolute Gasteiger partial charge is 0.298 e. The predicted molar refractivity (Wildman–Crippen MR) is 41.4 cm³/mol. The van der Waals surface area contributed by atoms with Gasteiger partial charge in [0.25, 0.3) is 0 Å². The van der Waals surface area contributed by atoms with Crippen molar-refractivity contribution < 1.29 is 9.18 Å². The second kappa shape index (κ2) is 2.41. The van der Waals surface area contributed by atoms with E-state index in [2.05, 4.69) is 10.2 Å². The van der Waals surface area contributed by atoms with Crippen LogP contribution in [0.25, 0.3) is 10.9 Å². The Morgan fingerprint density at radius 1 is 1.50 bits per heavy atom. The molecule has 0 atom stereocenters. The van der Waals surface area contributed by atoms with Gasteiger partial charge >= 0.3 is 0 Å². The number of nitrogens with zero attached hydrogens (tertiary/aromatic N) is 1. The van der Waals surface area contributed by atoms with Gasteiger partial charge in [0.15, 0.2) is 6.29 Å². The maximum Gasteiger partial charge on any atom is 0.153 e. The normalized spacial score (nSPS) is 10.4. The average Bonchev–Trinajstić information content (AvgIpc) is 2.52. The van der Waals surface area contributed by atoms with E-state index < -0.39 is 5.82 Å². The molecule has 0 fully saturated rings. The minimum atomic E-state index is -0.515. The Bertz CT molecular complexity index is 436. The van der Waals surface area contributed by atoms with Crippen molar-refractivity contribution in [1.29, 1.82) is 0 Å². The van der Waals surface area contributed by atoms with Crippen molar-refractivity contribution in [2.45, 2.75) is 0 Å². The number of aromatic amines is 1. The Kier molecular flexibility index (Phi) is 1.40. The molecule has 0 aliphatic rings. The third-order valence-electron chi connectivity index (χ3n) is 1.73. The minimum absolute atomic E-state index is 0.0567. The van der Waals surface area contributed by atoms with Crippen molar-refractivity contribution >= 4 is 17.2 Å². The molecule has 0 saturated heterocycles. The lowest BCUT2D eigenvalue weighted by Gasteiger charge is -1.94. The zero-order valence-electron chi connectivity index (χ0n) is 6.04. The summed E-state index contributed by atoms with van der Waals surface area (Å²) in [6.07, 6.45) is 1.93. The fourth-order valence-corrected chi connectivity index (χ4v) is 1.13. The number of halogens is 1. The van der Waals surface area contributed by atoms with Gasteiger partial charge in [-0.2, -0.15) is 5.10 Å². The highest BCUT2D eigenvalue weighted by Gasteiger charge is 2.06. The van der Waals surface area contributed by atoms with Gasteiger partial charge in [-0.25, -0.2) is 4.39 Å². The van der Waals surface area contributed by atoms with E-state index >= 15 is 0 Å². The number of hydrogen-bond acceptors (Lipinski definition) is 2. The summed E-state index contributed by atoms with van der Waals surface area (Å²) in [5.74, 6) is -0.515. The highest BCUT2D eigenvalue weighted by Crippen LogP contribution is 2.17. The molecular weight excluding hydrogens is 159 g/mol. The van der Waals surface area contributed by atoms with E-state index in [-0.39, 0.29) is 5.56 Å². The summed E-state index contributed by atoms with van der Waals surface area (Å²) >= 11 is 0. The van der Waals surface area contributed by atoms with Gasteiger partial charge in [-0.05, 0) is 12.1 Å². The molecule has 0 radical (unpaired) electrons. The smallest absolute Gasteiger partial charge is 0.153 e. The van der Waals surface area contributed by atoms with Crippen LogP contribution in [0.4, 0.5) is 4.39 Å². The van der Waals surface area contributed by atoms with Gasteiger partial charge in [-0.1, -0.05) is 0 Å². The van der Waals surface area contributed by atoms with Crippen LogP contribution in [0.1, 0.15) is 10.4 Å². The van der Waals surface area contributed by atoms with Crippen LogP contribution in [-0.2, 0) is 0 Å². The van der Waals surface area contributed by atoms with Gasteiger partial charge < -0.3 is 0 Å². The van der Waals surface area contributed by atoms with E-state index in [1.807, 2.05) is 0 Å². The van der Waals surface area contributed by atoms with E-state index in [1.54, 1.807) is 6.07 Å². The second-order valence-corrected chi connectivity index (χ2v) is 2.41. The molecule has 0 saturated carbocycles. The molecule has 60 valence electrons. The number of aldehydes is 1. The van der Waals surface area contributed by atoms with Gasteiger partial charge in [0.2, 0.25) is 0 Å². The topological polar surface area (TPSA) is 45.8 Å². The van der Waals surface area contributed by atoms with Gasteiger partial charge in [-0.3, -0.25) is 9.89 Å². The monoisotopic (exact) mass is 164 g/mol. The molecule has 2 aromatic rings. The van der Waals surface area contributed by atoms with E-state index in [0.29, 0.717) is 17.2 Å². The van der Waals surface area contributed by atoms with Crippen LogP contribution in [0.2, 0.25) is 0 Å². The SMILES string of the molecule is O=Cc1c(F)ccc2[nH]ncc12. The third kappa shape index (κ3) is 0.812. The van der Waals surface area contributed by atoms with Gasteiger partial charge in [0, 0.05) is 5.39 Å². The molecule has 3 nitrogen and oxygen atoms in total. The van der Waals surface area contributed by atoms with Crippen molar-refractivity contribution in [3.05, 3.63) is 29.7 Å². The number of carbonyl (C=O) groups excluding carboxylic acids is 1. The second-order valence-electron chi connectivity index (χ2n) is 2.41. The summed E-state index contributed by atoms with van der Waals surface area (Å²) in [7, 11) is 0. The van der Waals surface area contributed by atoms with Crippen LogP contribution in [-0.4, -0.2) is 16.5 Å². The summed E-state index contributed by atoms with van der Waals surface area (Å²) in [4.78, 5) is 10.5. The molecule has 0 spiro atoms. The van der Waals surface area contributed by atoms with E-state index in [0.717, 1.165) is 0 Å². The number of nitrogens with one attached hydrogen (secondary N) is 1. The number of benzene rings is 1. The Morgan fingerprint density at radius 2 is 2.33 bits per heavy atom. The van der Waals surface area contributed by atoms with Crippen molar-refractivity contribution in [1.82, 2.24) is 10.2 Å². The Morgan fingerprint density at radius 3 is 3.08 bits per heavy atom. The number of hydrogen-bond donors (Lipinski definition) is 1. The molecule has 1 heterocycles. The first kappa shape index (κ1) is 6.97. The molecule has 1 N–H and O–H groups in total. The van der Waals surface area contributed by atoms with Gasteiger partial charge in [0.1, 0.15) is 5.82 Å². The third-order valence-corrected chi connectivity index (χ3v) is 1.73. The summed E-state index contributed by atoms with van der Waals surface area (Å²) in [6, 6.07) is 2.79. The highest BCUT2D eigenvalue weighted by molar-refractivity contribution is 5.96. The van der Waals surface area contributed by atoms with Crippen molar-refractivity contribution in [2.24, 2.45) is 0 Å². The number of fused-ring (bicyclic) bond motifs is 1. The van der Waals surface area contributed by atoms with Crippen LogP contribution in [0, 0.1) is 5.82 Å². The zero-order chi connectivity index (χ0) is 8.55. The lowest BCUT2D eigenvalue weighted by atomic mass is 10.1. The van der Waals surface area contributed by atoms with Crippen LogP contribution in [0.3, 0.4) is 0 Å². The van der Waals surface area contributed by atoms with Crippen LogP contribution in [0.5, 0.6) is 0 Å². The number of H-pyrrole nitrogens is 1. The molecule has 2 rings (SSSR count). The summed E-state index contributed by atoms with van der Waals surface area (Å²) < 4.78 is 12.9. The molecule has 0 unspecified atom stereocenters. The number of carbonyl (C=O) groups is 1. The van der Waals surface area contributed by atoms with Crippen molar-refractivity contribution in [3.8, 4) is 0 Å². The zero-order valence-corrected chi connectivity index (χ0v) is 6.04. The predicted octanol–water partition coefficient (Wildman–Crippen LogP) is 1.51. The number of aromatic nitrogens is 2. The quantitative estimate of drug-likeness (QED) is 0.649. The lowest BCUT2D eigenvalue weighted by Crippen LogP contribution is -1.87. The Labute approximate surface area is 67.2 Å². The first-order chi connectivity index (χ1) is 5.83. The fraction of sp³-hybridized carbons (Fsp3) is 0. The highest BCUT2D eigenvalue weighted by atomic mass is 19.1. The maximum absolute atomic E-state index is 12.9. The van der Waals surface area contributed by atoms with Crippen molar-refractivity contribution in [2.75, 3.05) is 0 Å². The molecule has 1 aromatic carbocycles. The van der Waals surface area contributed by atoms with Crippen LogP contribution in [0.15, 0.2) is 18.3 Å². The summed E-state index contributed by atoms with van der Waals surface area (Å²) in [5, 5.41) is 6.86. The van der Waals surface area contributed by atoms with E-state index in [4.69, 9.17) is 0 Å². The number of rotatable bonds is 1. The fourth-order valence-electron chi connectivity index (χ4n) is 1.13. The Hall–Kier alpha value is -1.71. The standard InChI is InChI=1S/C8H5FN2O/c9-7-1-2-8-5(3-10-11-8)6(7)4-12/h1-4H,(H,10,11). The van der Waals surface area contributed by atoms with E-state index in [9.17, 15) is 9.18 Å². The molecule has 1 aromatic heterocycles. The lowest BCUT2D eigenvalue weighted by molar-refractivity contribution is 0.112. The van der Waals surface area contributed by atoms with Crippen LogP contribution >= 0.6 is 0 Å². The molecule has 0 bridgehead atoms. The molecule has 0 amide bonds. The molecule has 4 heteroatoms. The van der Waals surface area contributed by atoms with E-state index in [1.165, 1.54) is 12.3 Å². The molecule has 0 aliphatic heterocycles. The summed E-state index contributed by atoms with van der Waals surface area (Å²) in [6.45, 7) is 0. The Balaban J connectivity index is 2.91. The maximum atomic E-state index is 12.9. The molecule has 12 heavy (non-hydrogen) atoms. The molecular formula is C8H5FN2O. The molecule has 0 aliphatic carbocycles. The van der Waals surface area contributed by atoms with Crippen molar-refractivity contribution in [3.63, 3.8) is 0 Å². The first-order valence-corrected chi connectivity index (χ1v) is 3.39. The summed E-state index contributed by atoms with van der Waals surface area (Å²) in [5.41, 5.74) is 0.722. The van der Waals surface area contributed by atoms with Crippen LogP contribution < -0.4 is 0 Å². The van der Waals surface area contributed by atoms with Gasteiger partial charge in [0.05, 0.1) is 17.3 Å². The van der Waals surface area contributed by atoms with Gasteiger partial charge in [-0.15, -0.1) is 0 Å². The average molecular weight is 164 g/mol. The first-order valence-electron chi connectivity index (χ1n) is 3.39.